The summed E-state index contributed by atoms with van der Waals surface area (Å²) in [4.78, 5) is 13.0. The van der Waals surface area contributed by atoms with Gasteiger partial charge in [0.1, 0.15) is 13.2 Å². The minimum absolute atomic E-state index is 0.0193. The van der Waals surface area contributed by atoms with Crippen LogP contribution in [0.1, 0.15) is 12.5 Å². The largest absolute Gasteiger partial charge is 0.486 e. The number of aryl methyl sites for hydroxylation is 1. The molecule has 120 valence electrons. The Morgan fingerprint density at radius 1 is 1.09 bits per heavy atom. The van der Waals surface area contributed by atoms with E-state index in [-0.39, 0.29) is 5.91 Å². The van der Waals surface area contributed by atoms with Crippen molar-refractivity contribution in [2.75, 3.05) is 24.3 Å². The number of anilines is 1. The van der Waals surface area contributed by atoms with Gasteiger partial charge in [-0.25, -0.2) is 0 Å². The fourth-order valence-corrected chi connectivity index (χ4v) is 3.01. The molecule has 4 nitrogen and oxygen atoms in total. The average Bonchev–Trinajstić information content (AvgIpc) is 2.60. The van der Waals surface area contributed by atoms with Gasteiger partial charge < -0.3 is 14.8 Å². The van der Waals surface area contributed by atoms with Crippen LogP contribution in [0.2, 0.25) is 0 Å². The molecule has 0 aromatic heterocycles. The molecule has 0 aliphatic carbocycles. The summed E-state index contributed by atoms with van der Waals surface area (Å²) in [6.45, 7) is 3.26. The van der Waals surface area contributed by atoms with Gasteiger partial charge in [-0.2, -0.15) is 0 Å². The van der Waals surface area contributed by atoms with Crippen LogP contribution in [-0.2, 0) is 11.2 Å². The van der Waals surface area contributed by atoms with Crippen LogP contribution < -0.4 is 14.8 Å². The van der Waals surface area contributed by atoms with Gasteiger partial charge in [0.05, 0.1) is 5.75 Å². The van der Waals surface area contributed by atoms with Gasteiger partial charge in [0.25, 0.3) is 0 Å². The summed E-state index contributed by atoms with van der Waals surface area (Å²) < 4.78 is 11.0. The molecule has 1 N–H and O–H groups in total. The quantitative estimate of drug-likeness (QED) is 0.849. The molecule has 23 heavy (non-hydrogen) atoms. The van der Waals surface area contributed by atoms with E-state index in [0.29, 0.717) is 19.0 Å². The highest BCUT2D eigenvalue weighted by molar-refractivity contribution is 8.00. The molecule has 0 atom stereocenters. The molecule has 0 radical (unpaired) electrons. The number of nitrogens with one attached hydrogen (secondary N) is 1. The molecule has 3 rings (SSSR count). The van der Waals surface area contributed by atoms with Crippen LogP contribution in [0.25, 0.3) is 0 Å². The van der Waals surface area contributed by atoms with E-state index in [1.165, 1.54) is 17.3 Å². The van der Waals surface area contributed by atoms with Gasteiger partial charge in [0.15, 0.2) is 11.5 Å². The minimum atomic E-state index is -0.0193. The summed E-state index contributed by atoms with van der Waals surface area (Å²) in [5, 5.41) is 2.91. The van der Waals surface area contributed by atoms with Crippen LogP contribution >= 0.6 is 11.8 Å². The summed E-state index contributed by atoms with van der Waals surface area (Å²) in [6.07, 6.45) is 0.994. The molecule has 1 heterocycles. The molecule has 0 spiro atoms. The lowest BCUT2D eigenvalue weighted by atomic mass is 10.1. The second-order valence-electron chi connectivity index (χ2n) is 5.19. The van der Waals surface area contributed by atoms with Crippen molar-refractivity contribution in [1.29, 1.82) is 0 Å². The minimum Gasteiger partial charge on any atom is -0.486 e. The predicted molar refractivity (Wildman–Crippen MR) is 92.6 cm³/mol. The fraction of sp³-hybridized carbons (Fsp3) is 0.278. The number of benzene rings is 2. The SMILES string of the molecule is CCc1ccc(NC(=O)CSc2ccc3c(c2)OCCO3)cc1. The average molecular weight is 329 g/mol. The number of amides is 1. The number of ether oxygens (including phenoxy) is 2. The van der Waals surface area contributed by atoms with Gasteiger partial charge in [-0.1, -0.05) is 19.1 Å². The highest BCUT2D eigenvalue weighted by atomic mass is 32.2. The maximum atomic E-state index is 12.0. The lowest BCUT2D eigenvalue weighted by Gasteiger charge is -2.18. The van der Waals surface area contributed by atoms with Crippen molar-refractivity contribution in [3.63, 3.8) is 0 Å². The topological polar surface area (TPSA) is 47.6 Å². The molecule has 0 fully saturated rings. The maximum Gasteiger partial charge on any atom is 0.234 e. The van der Waals surface area contributed by atoms with Gasteiger partial charge in [-0.05, 0) is 42.3 Å². The number of fused-ring (bicyclic) bond motifs is 1. The normalized spacial score (nSPS) is 12.7. The standard InChI is InChI=1S/C18H19NO3S/c1-2-13-3-5-14(6-4-13)19-18(20)12-23-15-7-8-16-17(11-15)22-10-9-21-16/h3-8,11H,2,9-10,12H2,1H3,(H,19,20). The molecule has 0 bridgehead atoms. The van der Waals surface area contributed by atoms with Gasteiger partial charge >= 0.3 is 0 Å². The van der Waals surface area contributed by atoms with Crippen molar-refractivity contribution in [3.8, 4) is 11.5 Å². The third-order valence-electron chi connectivity index (χ3n) is 3.53. The predicted octanol–water partition coefficient (Wildman–Crippen LogP) is 3.75. The molecule has 0 saturated carbocycles. The van der Waals surface area contributed by atoms with Crippen molar-refractivity contribution in [2.45, 2.75) is 18.2 Å². The van der Waals surface area contributed by atoms with Crippen molar-refractivity contribution < 1.29 is 14.3 Å². The number of carbonyl (C=O) groups excluding carboxylic acids is 1. The summed E-state index contributed by atoms with van der Waals surface area (Å²) in [6, 6.07) is 13.7. The number of hydrogen-bond acceptors (Lipinski definition) is 4. The third-order valence-corrected chi connectivity index (χ3v) is 4.52. The lowest BCUT2D eigenvalue weighted by Crippen LogP contribution is -2.15. The Hall–Kier alpha value is -2.14. The Kier molecular flexibility index (Phi) is 5.08. The summed E-state index contributed by atoms with van der Waals surface area (Å²) in [7, 11) is 0. The van der Waals surface area contributed by atoms with Crippen LogP contribution in [0.15, 0.2) is 47.4 Å². The van der Waals surface area contributed by atoms with Crippen LogP contribution in [0.4, 0.5) is 5.69 Å². The first-order chi connectivity index (χ1) is 11.2. The molecule has 2 aromatic carbocycles. The van der Waals surface area contributed by atoms with E-state index in [9.17, 15) is 4.79 Å². The Morgan fingerprint density at radius 2 is 1.83 bits per heavy atom. The summed E-state index contributed by atoms with van der Waals surface area (Å²) >= 11 is 1.48. The number of hydrogen-bond donors (Lipinski definition) is 1. The first kappa shape index (κ1) is 15.7. The first-order valence-electron chi connectivity index (χ1n) is 7.66. The van der Waals surface area contributed by atoms with E-state index in [2.05, 4.69) is 12.2 Å². The van der Waals surface area contributed by atoms with Crippen LogP contribution in [0.5, 0.6) is 11.5 Å². The van der Waals surface area contributed by atoms with Crippen molar-refractivity contribution in [3.05, 3.63) is 48.0 Å². The zero-order chi connectivity index (χ0) is 16.1. The van der Waals surface area contributed by atoms with Gasteiger partial charge in [-0.3, -0.25) is 4.79 Å². The molecular weight excluding hydrogens is 310 g/mol. The van der Waals surface area contributed by atoms with Gasteiger partial charge in [0, 0.05) is 10.6 Å². The summed E-state index contributed by atoms with van der Waals surface area (Å²) in [5.41, 5.74) is 2.09. The Morgan fingerprint density at radius 3 is 2.57 bits per heavy atom. The molecular formula is C18H19NO3S. The number of carbonyl (C=O) groups is 1. The molecule has 2 aromatic rings. The van der Waals surface area contributed by atoms with E-state index in [1.807, 2.05) is 42.5 Å². The first-order valence-corrected chi connectivity index (χ1v) is 8.64. The molecule has 1 aliphatic rings. The maximum absolute atomic E-state index is 12.0. The lowest BCUT2D eigenvalue weighted by molar-refractivity contribution is -0.113. The molecule has 1 amide bonds. The molecule has 0 saturated heterocycles. The van der Waals surface area contributed by atoms with E-state index < -0.39 is 0 Å². The molecule has 5 heteroatoms. The second kappa shape index (κ2) is 7.42. The smallest absolute Gasteiger partial charge is 0.234 e. The van der Waals surface area contributed by atoms with Crippen molar-refractivity contribution >= 4 is 23.4 Å². The second-order valence-corrected chi connectivity index (χ2v) is 6.24. The van der Waals surface area contributed by atoms with Crippen LogP contribution in [0.3, 0.4) is 0 Å². The van der Waals surface area contributed by atoms with E-state index in [1.54, 1.807) is 0 Å². The van der Waals surface area contributed by atoms with Gasteiger partial charge in [0.2, 0.25) is 5.91 Å². The monoisotopic (exact) mass is 329 g/mol. The highest BCUT2D eigenvalue weighted by Crippen LogP contribution is 2.34. The van der Waals surface area contributed by atoms with Crippen molar-refractivity contribution in [1.82, 2.24) is 0 Å². The van der Waals surface area contributed by atoms with Gasteiger partial charge in [-0.15, -0.1) is 11.8 Å². The Bertz CT molecular complexity index is 685. The molecule has 1 aliphatic heterocycles. The third kappa shape index (κ3) is 4.20. The Labute approximate surface area is 140 Å². The fourth-order valence-electron chi connectivity index (χ4n) is 2.28. The van der Waals surface area contributed by atoms with E-state index in [4.69, 9.17) is 9.47 Å². The summed E-state index contributed by atoms with van der Waals surface area (Å²) in [5.74, 6) is 1.85. The molecule has 0 unspecified atom stereocenters. The zero-order valence-electron chi connectivity index (χ0n) is 13.0. The van der Waals surface area contributed by atoms with Crippen LogP contribution in [0, 0.1) is 0 Å². The Balaban J connectivity index is 1.54. The van der Waals surface area contributed by atoms with E-state index >= 15 is 0 Å². The van der Waals surface area contributed by atoms with E-state index in [0.717, 1.165) is 28.5 Å². The van der Waals surface area contributed by atoms with Crippen LogP contribution in [-0.4, -0.2) is 24.9 Å². The number of thioether (sulfide) groups is 1. The number of rotatable bonds is 5. The van der Waals surface area contributed by atoms with Crippen molar-refractivity contribution in [2.24, 2.45) is 0 Å². The zero-order valence-corrected chi connectivity index (χ0v) is 13.8. The highest BCUT2D eigenvalue weighted by Gasteiger charge is 2.12.